The molecule has 4 heteroatoms. The van der Waals surface area contributed by atoms with E-state index in [0.29, 0.717) is 18.5 Å². The smallest absolute Gasteiger partial charge is 0.303 e. The zero-order chi connectivity index (χ0) is 16.7. The van der Waals surface area contributed by atoms with Crippen LogP contribution in [0.25, 0.3) is 0 Å². The van der Waals surface area contributed by atoms with Crippen molar-refractivity contribution in [1.82, 2.24) is 0 Å². The predicted octanol–water partition coefficient (Wildman–Crippen LogP) is 3.45. The van der Waals surface area contributed by atoms with E-state index in [2.05, 4.69) is 12.2 Å². The van der Waals surface area contributed by atoms with Gasteiger partial charge < -0.3 is 10.4 Å². The average molecular weight is 311 g/mol. The molecular formula is C19H21NO3. The number of anilines is 1. The maximum Gasteiger partial charge on any atom is 0.303 e. The van der Waals surface area contributed by atoms with Crippen molar-refractivity contribution in [3.63, 3.8) is 0 Å². The molecule has 0 unspecified atom stereocenters. The Hall–Kier alpha value is -2.62. The number of benzene rings is 2. The summed E-state index contributed by atoms with van der Waals surface area (Å²) < 4.78 is 0. The number of aliphatic carboxylic acids is 1. The third-order valence-corrected chi connectivity index (χ3v) is 3.60. The number of carboxylic acids is 1. The van der Waals surface area contributed by atoms with Gasteiger partial charge in [-0.15, -0.1) is 0 Å². The van der Waals surface area contributed by atoms with Crippen LogP contribution in [0.3, 0.4) is 0 Å². The molecule has 0 aliphatic rings. The molecule has 2 N–H and O–H groups in total. The van der Waals surface area contributed by atoms with Crippen LogP contribution in [0.5, 0.6) is 0 Å². The Morgan fingerprint density at radius 1 is 1.00 bits per heavy atom. The number of carbonyl (C=O) groups excluding carboxylic acids is 1. The molecule has 0 fully saturated rings. The molecule has 2 aromatic rings. The molecule has 120 valence electrons. The summed E-state index contributed by atoms with van der Waals surface area (Å²) in [6, 6.07) is 15.3. The predicted molar refractivity (Wildman–Crippen MR) is 90.6 cm³/mol. The second-order valence-electron chi connectivity index (χ2n) is 5.49. The van der Waals surface area contributed by atoms with Crippen LogP contribution in [-0.4, -0.2) is 17.0 Å². The molecular weight excluding hydrogens is 290 g/mol. The molecule has 0 heterocycles. The molecule has 0 spiro atoms. The Labute approximate surface area is 136 Å². The molecule has 0 aliphatic heterocycles. The Morgan fingerprint density at radius 2 is 1.70 bits per heavy atom. The number of rotatable bonds is 7. The van der Waals surface area contributed by atoms with Gasteiger partial charge in [0.15, 0.2) is 0 Å². The first-order valence-electron chi connectivity index (χ1n) is 7.75. The molecule has 0 atom stereocenters. The third kappa shape index (κ3) is 5.58. The van der Waals surface area contributed by atoms with Gasteiger partial charge in [-0.05, 0) is 41.7 Å². The summed E-state index contributed by atoms with van der Waals surface area (Å²) in [7, 11) is 0. The highest BCUT2D eigenvalue weighted by Gasteiger charge is 2.06. The highest BCUT2D eigenvalue weighted by atomic mass is 16.4. The molecule has 0 radical (unpaired) electrons. The molecule has 23 heavy (non-hydrogen) atoms. The number of nitrogens with one attached hydrogen (secondary N) is 1. The van der Waals surface area contributed by atoms with E-state index in [1.165, 1.54) is 5.56 Å². The minimum Gasteiger partial charge on any atom is -0.481 e. The third-order valence-electron chi connectivity index (χ3n) is 3.60. The van der Waals surface area contributed by atoms with E-state index in [-0.39, 0.29) is 12.3 Å². The van der Waals surface area contributed by atoms with Crippen molar-refractivity contribution in [2.75, 3.05) is 5.32 Å². The fraction of sp³-hybridized carbons (Fsp3) is 0.263. The molecule has 0 aromatic heterocycles. The van der Waals surface area contributed by atoms with Crippen molar-refractivity contribution in [3.05, 3.63) is 65.2 Å². The maximum atomic E-state index is 12.2. The van der Waals surface area contributed by atoms with E-state index in [4.69, 9.17) is 5.11 Å². The van der Waals surface area contributed by atoms with Crippen LogP contribution in [0.2, 0.25) is 0 Å². The van der Waals surface area contributed by atoms with Crippen LogP contribution in [0.1, 0.15) is 30.0 Å². The fourth-order valence-corrected chi connectivity index (χ4v) is 2.41. The summed E-state index contributed by atoms with van der Waals surface area (Å²) in [5.41, 5.74) is 3.80. The number of aryl methyl sites for hydroxylation is 2. The summed E-state index contributed by atoms with van der Waals surface area (Å²) in [4.78, 5) is 22.8. The highest BCUT2D eigenvalue weighted by molar-refractivity contribution is 5.92. The van der Waals surface area contributed by atoms with E-state index in [1.807, 2.05) is 48.5 Å². The second-order valence-corrected chi connectivity index (χ2v) is 5.49. The van der Waals surface area contributed by atoms with Crippen molar-refractivity contribution >= 4 is 17.6 Å². The van der Waals surface area contributed by atoms with Crippen molar-refractivity contribution in [3.8, 4) is 0 Å². The average Bonchev–Trinajstić information content (AvgIpc) is 2.53. The van der Waals surface area contributed by atoms with Crippen molar-refractivity contribution in [2.45, 2.75) is 32.6 Å². The molecule has 2 rings (SSSR count). The first-order chi connectivity index (χ1) is 11.1. The van der Waals surface area contributed by atoms with Gasteiger partial charge in [-0.25, -0.2) is 0 Å². The van der Waals surface area contributed by atoms with E-state index in [1.54, 1.807) is 0 Å². The van der Waals surface area contributed by atoms with Crippen LogP contribution in [-0.2, 0) is 28.9 Å². The van der Waals surface area contributed by atoms with Gasteiger partial charge in [0, 0.05) is 12.1 Å². The molecule has 0 aliphatic carbocycles. The first-order valence-corrected chi connectivity index (χ1v) is 7.75. The zero-order valence-corrected chi connectivity index (χ0v) is 13.2. The topological polar surface area (TPSA) is 66.4 Å². The summed E-state index contributed by atoms with van der Waals surface area (Å²) in [5, 5.41) is 11.6. The summed E-state index contributed by atoms with van der Waals surface area (Å²) in [6.07, 6.45) is 1.81. The standard InChI is InChI=1S/C19H21NO3/c1-2-14-5-3-7-16(11-14)13-18(21)20-17-8-4-6-15(12-17)9-10-19(22)23/h3-8,11-12H,2,9-10,13H2,1H3,(H,20,21)(H,22,23). The zero-order valence-electron chi connectivity index (χ0n) is 13.2. The minimum atomic E-state index is -0.824. The van der Waals surface area contributed by atoms with Crippen LogP contribution in [0, 0.1) is 0 Å². The van der Waals surface area contributed by atoms with Crippen LogP contribution in [0.15, 0.2) is 48.5 Å². The van der Waals surface area contributed by atoms with Gasteiger partial charge in [0.1, 0.15) is 0 Å². The summed E-state index contributed by atoms with van der Waals surface area (Å²) >= 11 is 0. The Bertz CT molecular complexity index is 695. The van der Waals surface area contributed by atoms with E-state index in [0.717, 1.165) is 17.5 Å². The molecule has 2 aromatic carbocycles. The Kier molecular flexibility index (Phi) is 5.92. The van der Waals surface area contributed by atoms with Crippen molar-refractivity contribution < 1.29 is 14.7 Å². The van der Waals surface area contributed by atoms with Crippen molar-refractivity contribution in [1.29, 1.82) is 0 Å². The van der Waals surface area contributed by atoms with Gasteiger partial charge in [0.05, 0.1) is 6.42 Å². The quantitative estimate of drug-likeness (QED) is 0.823. The summed E-state index contributed by atoms with van der Waals surface area (Å²) in [5.74, 6) is -0.899. The largest absolute Gasteiger partial charge is 0.481 e. The van der Waals surface area contributed by atoms with Gasteiger partial charge >= 0.3 is 5.97 Å². The lowest BCUT2D eigenvalue weighted by atomic mass is 10.1. The van der Waals surface area contributed by atoms with Gasteiger partial charge in [-0.3, -0.25) is 9.59 Å². The monoisotopic (exact) mass is 311 g/mol. The highest BCUT2D eigenvalue weighted by Crippen LogP contribution is 2.13. The van der Waals surface area contributed by atoms with Gasteiger partial charge in [-0.1, -0.05) is 43.3 Å². The molecule has 1 amide bonds. The number of carboxylic acid groups (broad SMARTS) is 1. The Morgan fingerprint density at radius 3 is 2.43 bits per heavy atom. The van der Waals surface area contributed by atoms with Gasteiger partial charge in [0.25, 0.3) is 0 Å². The molecule has 0 bridgehead atoms. The lowest BCUT2D eigenvalue weighted by Gasteiger charge is -2.08. The second kappa shape index (κ2) is 8.13. The van der Waals surface area contributed by atoms with Crippen LogP contribution in [0.4, 0.5) is 5.69 Å². The first kappa shape index (κ1) is 16.7. The van der Waals surface area contributed by atoms with Crippen LogP contribution >= 0.6 is 0 Å². The SMILES string of the molecule is CCc1cccc(CC(=O)Nc2cccc(CCC(=O)O)c2)c1. The van der Waals surface area contributed by atoms with E-state index in [9.17, 15) is 9.59 Å². The van der Waals surface area contributed by atoms with Gasteiger partial charge in [0.2, 0.25) is 5.91 Å². The molecule has 0 saturated heterocycles. The number of hydrogen-bond donors (Lipinski definition) is 2. The lowest BCUT2D eigenvalue weighted by Crippen LogP contribution is -2.14. The van der Waals surface area contributed by atoms with E-state index >= 15 is 0 Å². The number of carbonyl (C=O) groups is 2. The van der Waals surface area contributed by atoms with Gasteiger partial charge in [-0.2, -0.15) is 0 Å². The summed E-state index contributed by atoms with van der Waals surface area (Å²) in [6.45, 7) is 2.09. The van der Waals surface area contributed by atoms with E-state index < -0.39 is 5.97 Å². The minimum absolute atomic E-state index is 0.0753. The number of hydrogen-bond acceptors (Lipinski definition) is 2. The molecule has 4 nitrogen and oxygen atoms in total. The molecule has 0 saturated carbocycles. The number of amides is 1. The van der Waals surface area contributed by atoms with Crippen molar-refractivity contribution in [2.24, 2.45) is 0 Å². The lowest BCUT2D eigenvalue weighted by molar-refractivity contribution is -0.137. The Balaban J connectivity index is 1.96. The normalized spacial score (nSPS) is 10.3. The fourth-order valence-electron chi connectivity index (χ4n) is 2.41. The van der Waals surface area contributed by atoms with Crippen LogP contribution < -0.4 is 5.32 Å². The maximum absolute atomic E-state index is 12.2.